The third-order valence-corrected chi connectivity index (χ3v) is 3.25. The van der Waals surface area contributed by atoms with E-state index >= 15 is 0 Å². The van der Waals surface area contributed by atoms with E-state index in [0.29, 0.717) is 18.5 Å². The van der Waals surface area contributed by atoms with E-state index in [1.807, 2.05) is 25.3 Å². The van der Waals surface area contributed by atoms with Crippen LogP contribution < -0.4 is 10.6 Å². The third-order valence-electron chi connectivity index (χ3n) is 3.25. The number of carbonyl (C=O) groups is 2. The number of aliphatic hydroxyl groups is 1. The number of amides is 2. The van der Waals surface area contributed by atoms with Gasteiger partial charge < -0.3 is 20.7 Å². The van der Waals surface area contributed by atoms with E-state index in [-0.39, 0.29) is 6.54 Å². The summed E-state index contributed by atoms with van der Waals surface area (Å²) < 4.78 is 0. The SMILES string of the molecule is CCC(O)CCNC(=O)C(=O)Nc1ccc2[nH]ccc2c1. The van der Waals surface area contributed by atoms with Crippen molar-refractivity contribution in [1.82, 2.24) is 10.3 Å². The molecular formula is C15H19N3O3. The average Bonchev–Trinajstić information content (AvgIpc) is 2.94. The molecule has 112 valence electrons. The zero-order valence-corrected chi connectivity index (χ0v) is 11.8. The number of benzene rings is 1. The van der Waals surface area contributed by atoms with Gasteiger partial charge in [0.05, 0.1) is 6.10 Å². The van der Waals surface area contributed by atoms with Gasteiger partial charge in [-0.1, -0.05) is 6.92 Å². The summed E-state index contributed by atoms with van der Waals surface area (Å²) in [6, 6.07) is 7.24. The number of carbonyl (C=O) groups excluding carboxylic acids is 2. The Morgan fingerprint density at radius 2 is 2.10 bits per heavy atom. The smallest absolute Gasteiger partial charge is 0.313 e. The van der Waals surface area contributed by atoms with Crippen LogP contribution in [0.2, 0.25) is 0 Å². The summed E-state index contributed by atoms with van der Waals surface area (Å²) in [5, 5.41) is 15.4. The Labute approximate surface area is 122 Å². The van der Waals surface area contributed by atoms with E-state index in [2.05, 4.69) is 15.6 Å². The zero-order chi connectivity index (χ0) is 15.2. The van der Waals surface area contributed by atoms with Crippen molar-refractivity contribution in [3.63, 3.8) is 0 Å². The Morgan fingerprint density at radius 1 is 1.29 bits per heavy atom. The van der Waals surface area contributed by atoms with Gasteiger partial charge in [-0.25, -0.2) is 0 Å². The highest BCUT2D eigenvalue weighted by atomic mass is 16.3. The first-order valence-corrected chi connectivity index (χ1v) is 6.94. The van der Waals surface area contributed by atoms with Crippen LogP contribution in [-0.4, -0.2) is 34.6 Å². The molecule has 2 aromatic rings. The molecule has 0 bridgehead atoms. The minimum Gasteiger partial charge on any atom is -0.393 e. The molecule has 2 rings (SSSR count). The summed E-state index contributed by atoms with van der Waals surface area (Å²) in [6.45, 7) is 2.13. The highest BCUT2D eigenvalue weighted by Gasteiger charge is 2.13. The predicted octanol–water partition coefficient (Wildman–Crippen LogP) is 1.38. The number of fused-ring (bicyclic) bond motifs is 1. The Bertz CT molecular complexity index is 636. The van der Waals surface area contributed by atoms with Gasteiger partial charge in [0.1, 0.15) is 0 Å². The minimum absolute atomic E-state index is 0.276. The number of aliphatic hydroxyl groups excluding tert-OH is 1. The summed E-state index contributed by atoms with van der Waals surface area (Å²) >= 11 is 0. The summed E-state index contributed by atoms with van der Waals surface area (Å²) in [5.74, 6) is -1.41. The lowest BCUT2D eigenvalue weighted by Crippen LogP contribution is -2.36. The lowest BCUT2D eigenvalue weighted by molar-refractivity contribution is -0.136. The van der Waals surface area contributed by atoms with Crippen LogP contribution in [-0.2, 0) is 9.59 Å². The van der Waals surface area contributed by atoms with Gasteiger partial charge in [-0.15, -0.1) is 0 Å². The molecule has 0 aliphatic heterocycles. The van der Waals surface area contributed by atoms with Crippen molar-refractivity contribution >= 4 is 28.4 Å². The van der Waals surface area contributed by atoms with Crippen molar-refractivity contribution in [3.05, 3.63) is 30.5 Å². The van der Waals surface area contributed by atoms with Crippen molar-refractivity contribution in [2.45, 2.75) is 25.9 Å². The number of aromatic nitrogens is 1. The van der Waals surface area contributed by atoms with E-state index < -0.39 is 17.9 Å². The van der Waals surface area contributed by atoms with Gasteiger partial charge in [0.25, 0.3) is 0 Å². The molecule has 6 heteroatoms. The van der Waals surface area contributed by atoms with Crippen LogP contribution >= 0.6 is 0 Å². The van der Waals surface area contributed by atoms with Crippen LogP contribution in [0, 0.1) is 0 Å². The normalized spacial score (nSPS) is 12.1. The topological polar surface area (TPSA) is 94.2 Å². The predicted molar refractivity (Wildman–Crippen MR) is 80.9 cm³/mol. The zero-order valence-electron chi connectivity index (χ0n) is 11.8. The molecule has 2 amide bonds. The standard InChI is InChI=1S/C15H19N3O3/c1-2-12(19)6-8-17-14(20)15(21)18-11-3-4-13-10(9-11)5-7-16-13/h3-5,7,9,12,16,19H,2,6,8H2,1H3,(H,17,20)(H,18,21). The maximum absolute atomic E-state index is 11.7. The first-order chi connectivity index (χ1) is 10.1. The van der Waals surface area contributed by atoms with E-state index in [1.165, 1.54) is 0 Å². The number of hydrogen-bond donors (Lipinski definition) is 4. The van der Waals surface area contributed by atoms with Gasteiger partial charge in [-0.2, -0.15) is 0 Å². The number of aromatic amines is 1. The fourth-order valence-corrected chi connectivity index (χ4v) is 1.96. The van der Waals surface area contributed by atoms with Gasteiger partial charge in [0.2, 0.25) is 0 Å². The van der Waals surface area contributed by atoms with Crippen LogP contribution in [0.5, 0.6) is 0 Å². The van der Waals surface area contributed by atoms with Crippen LogP contribution in [0.1, 0.15) is 19.8 Å². The maximum atomic E-state index is 11.7. The Hall–Kier alpha value is -2.34. The van der Waals surface area contributed by atoms with Crippen LogP contribution in [0.3, 0.4) is 0 Å². The fraction of sp³-hybridized carbons (Fsp3) is 0.333. The number of rotatable bonds is 5. The average molecular weight is 289 g/mol. The molecule has 1 aromatic heterocycles. The molecule has 1 heterocycles. The highest BCUT2D eigenvalue weighted by Crippen LogP contribution is 2.17. The number of hydrogen-bond acceptors (Lipinski definition) is 3. The second-order valence-corrected chi connectivity index (χ2v) is 4.84. The molecule has 0 saturated heterocycles. The third kappa shape index (κ3) is 4.06. The molecule has 1 aromatic carbocycles. The molecule has 0 radical (unpaired) electrons. The van der Waals surface area contributed by atoms with E-state index in [4.69, 9.17) is 0 Å². The molecule has 21 heavy (non-hydrogen) atoms. The van der Waals surface area contributed by atoms with Crippen LogP contribution in [0.4, 0.5) is 5.69 Å². The van der Waals surface area contributed by atoms with Crippen LogP contribution in [0.15, 0.2) is 30.5 Å². The summed E-state index contributed by atoms with van der Waals surface area (Å²) in [5.41, 5.74) is 1.53. The molecule has 6 nitrogen and oxygen atoms in total. The Balaban J connectivity index is 1.86. The molecule has 0 fully saturated rings. The molecular weight excluding hydrogens is 270 g/mol. The molecule has 0 spiro atoms. The maximum Gasteiger partial charge on any atom is 0.313 e. The first kappa shape index (κ1) is 15.1. The van der Waals surface area contributed by atoms with E-state index in [9.17, 15) is 14.7 Å². The lowest BCUT2D eigenvalue weighted by Gasteiger charge is -2.09. The summed E-state index contributed by atoms with van der Waals surface area (Å²) in [6.07, 6.45) is 2.41. The fourth-order valence-electron chi connectivity index (χ4n) is 1.96. The second kappa shape index (κ2) is 6.90. The number of anilines is 1. The second-order valence-electron chi connectivity index (χ2n) is 4.84. The molecule has 4 N–H and O–H groups in total. The summed E-state index contributed by atoms with van der Waals surface area (Å²) in [4.78, 5) is 26.4. The summed E-state index contributed by atoms with van der Waals surface area (Å²) in [7, 11) is 0. The first-order valence-electron chi connectivity index (χ1n) is 6.94. The minimum atomic E-state index is -0.712. The van der Waals surface area contributed by atoms with Crippen molar-refractivity contribution in [2.75, 3.05) is 11.9 Å². The van der Waals surface area contributed by atoms with Gasteiger partial charge in [0, 0.05) is 29.3 Å². The van der Waals surface area contributed by atoms with E-state index in [1.54, 1.807) is 12.1 Å². The van der Waals surface area contributed by atoms with Crippen molar-refractivity contribution in [3.8, 4) is 0 Å². The lowest BCUT2D eigenvalue weighted by atomic mass is 10.2. The van der Waals surface area contributed by atoms with Crippen molar-refractivity contribution in [2.24, 2.45) is 0 Å². The van der Waals surface area contributed by atoms with E-state index in [0.717, 1.165) is 10.9 Å². The van der Waals surface area contributed by atoms with Gasteiger partial charge in [0.15, 0.2) is 0 Å². The number of H-pyrrole nitrogens is 1. The molecule has 1 atom stereocenters. The van der Waals surface area contributed by atoms with Crippen molar-refractivity contribution in [1.29, 1.82) is 0 Å². The Morgan fingerprint density at radius 3 is 2.86 bits per heavy atom. The molecule has 0 saturated carbocycles. The highest BCUT2D eigenvalue weighted by molar-refractivity contribution is 6.39. The molecule has 0 aliphatic carbocycles. The van der Waals surface area contributed by atoms with Gasteiger partial charge in [-0.3, -0.25) is 9.59 Å². The van der Waals surface area contributed by atoms with Crippen molar-refractivity contribution < 1.29 is 14.7 Å². The Kier molecular flexibility index (Phi) is 4.94. The van der Waals surface area contributed by atoms with Gasteiger partial charge in [-0.05, 0) is 37.1 Å². The molecule has 1 unspecified atom stereocenters. The van der Waals surface area contributed by atoms with Gasteiger partial charge >= 0.3 is 11.8 Å². The quantitative estimate of drug-likeness (QED) is 0.626. The molecule has 0 aliphatic rings. The largest absolute Gasteiger partial charge is 0.393 e. The monoisotopic (exact) mass is 289 g/mol. The number of nitrogens with one attached hydrogen (secondary N) is 3. The van der Waals surface area contributed by atoms with Crippen LogP contribution in [0.25, 0.3) is 10.9 Å².